The lowest BCUT2D eigenvalue weighted by Gasteiger charge is -1.97. The second-order valence-electron chi connectivity index (χ2n) is 3.78. The third kappa shape index (κ3) is 1.73. The van der Waals surface area contributed by atoms with Crippen LogP contribution in [0.1, 0.15) is 5.56 Å². The minimum atomic E-state index is 0.700. The van der Waals surface area contributed by atoms with Gasteiger partial charge in [-0.2, -0.15) is 0 Å². The van der Waals surface area contributed by atoms with Gasteiger partial charge in [0, 0.05) is 11.9 Å². The van der Waals surface area contributed by atoms with E-state index in [4.69, 9.17) is 5.73 Å². The molecule has 0 amide bonds. The van der Waals surface area contributed by atoms with Gasteiger partial charge in [0.25, 0.3) is 0 Å². The van der Waals surface area contributed by atoms with Crippen molar-refractivity contribution in [1.29, 1.82) is 0 Å². The van der Waals surface area contributed by atoms with Gasteiger partial charge in [0.15, 0.2) is 11.5 Å². The summed E-state index contributed by atoms with van der Waals surface area (Å²) in [5.41, 5.74) is 8.48. The summed E-state index contributed by atoms with van der Waals surface area (Å²) in [5.74, 6) is 0.825. The summed E-state index contributed by atoms with van der Waals surface area (Å²) in [6.45, 7) is 2.06. The number of pyridine rings is 1. The molecule has 3 aromatic rings. The van der Waals surface area contributed by atoms with Crippen molar-refractivity contribution in [3.8, 4) is 10.7 Å². The van der Waals surface area contributed by atoms with Gasteiger partial charge in [-0.15, -0.1) is 21.5 Å². The maximum atomic E-state index is 5.78. The van der Waals surface area contributed by atoms with Crippen LogP contribution in [0.5, 0.6) is 0 Å². The third-order valence-corrected chi connectivity index (χ3v) is 4.64. The Kier molecular flexibility index (Phi) is 2.41. The first kappa shape index (κ1) is 10.7. The van der Waals surface area contributed by atoms with Crippen molar-refractivity contribution in [1.82, 2.24) is 14.6 Å². The highest BCUT2D eigenvalue weighted by Crippen LogP contribution is 2.33. The van der Waals surface area contributed by atoms with Crippen LogP contribution in [-0.4, -0.2) is 14.6 Å². The summed E-state index contributed by atoms with van der Waals surface area (Å²) in [6.07, 6.45) is 1.84. The molecule has 0 saturated carbocycles. The van der Waals surface area contributed by atoms with Gasteiger partial charge in [-0.25, -0.2) is 0 Å². The van der Waals surface area contributed by atoms with E-state index in [-0.39, 0.29) is 0 Å². The van der Waals surface area contributed by atoms with Crippen LogP contribution in [-0.2, 0) is 0 Å². The van der Waals surface area contributed by atoms with E-state index in [0.717, 1.165) is 20.1 Å². The molecule has 3 rings (SSSR count). The van der Waals surface area contributed by atoms with Gasteiger partial charge in [-0.1, -0.05) is 0 Å². The Bertz CT molecular complexity index is 681. The zero-order chi connectivity index (χ0) is 12.0. The number of nitrogens with two attached hydrogens (primary N) is 1. The molecular formula is C11H9BrN4S. The van der Waals surface area contributed by atoms with Crippen LogP contribution in [0.25, 0.3) is 16.3 Å². The van der Waals surface area contributed by atoms with Gasteiger partial charge in [0.2, 0.25) is 0 Å². The summed E-state index contributed by atoms with van der Waals surface area (Å²) in [6, 6.07) is 5.78. The highest BCUT2D eigenvalue weighted by atomic mass is 79.9. The van der Waals surface area contributed by atoms with E-state index in [1.807, 2.05) is 22.7 Å². The molecule has 4 nitrogen and oxygen atoms in total. The van der Waals surface area contributed by atoms with Crippen molar-refractivity contribution >= 4 is 38.6 Å². The van der Waals surface area contributed by atoms with Crippen LogP contribution in [0, 0.1) is 6.92 Å². The monoisotopic (exact) mass is 308 g/mol. The number of hydrogen-bond acceptors (Lipinski definition) is 4. The first-order chi connectivity index (χ1) is 8.15. The number of aryl methyl sites for hydroxylation is 1. The molecule has 0 radical (unpaired) electrons. The van der Waals surface area contributed by atoms with E-state index in [9.17, 15) is 0 Å². The minimum Gasteiger partial charge on any atom is -0.398 e. The van der Waals surface area contributed by atoms with Gasteiger partial charge in [-0.05, 0) is 46.6 Å². The van der Waals surface area contributed by atoms with E-state index in [0.29, 0.717) is 5.69 Å². The molecule has 0 aliphatic carbocycles. The summed E-state index contributed by atoms with van der Waals surface area (Å²) >= 11 is 5.16. The number of rotatable bonds is 1. The topological polar surface area (TPSA) is 56.2 Å². The van der Waals surface area contributed by atoms with Crippen LogP contribution in [0.2, 0.25) is 0 Å². The number of hydrogen-bond donors (Lipinski definition) is 1. The summed E-state index contributed by atoms with van der Waals surface area (Å²) in [7, 11) is 0. The molecule has 0 saturated heterocycles. The lowest BCUT2D eigenvalue weighted by Crippen LogP contribution is -1.91. The molecule has 0 aliphatic heterocycles. The highest BCUT2D eigenvalue weighted by molar-refractivity contribution is 9.11. The normalized spacial score (nSPS) is 11.2. The number of nitrogens with zero attached hydrogens (tertiary/aromatic N) is 3. The molecule has 0 aliphatic rings. The summed E-state index contributed by atoms with van der Waals surface area (Å²) in [5, 5.41) is 8.33. The van der Waals surface area contributed by atoms with E-state index < -0.39 is 0 Å². The van der Waals surface area contributed by atoms with Crippen LogP contribution < -0.4 is 5.73 Å². The van der Waals surface area contributed by atoms with Gasteiger partial charge in [0.1, 0.15) is 0 Å². The fourth-order valence-electron chi connectivity index (χ4n) is 1.65. The lowest BCUT2D eigenvalue weighted by molar-refractivity contribution is 1.12. The Morgan fingerprint density at radius 1 is 1.35 bits per heavy atom. The van der Waals surface area contributed by atoms with Crippen molar-refractivity contribution in [3.05, 3.63) is 33.7 Å². The number of fused-ring (bicyclic) bond motifs is 1. The molecule has 3 heterocycles. The van der Waals surface area contributed by atoms with Crippen LogP contribution in [0.15, 0.2) is 28.2 Å². The fourth-order valence-corrected chi connectivity index (χ4v) is 3.16. The Labute approximate surface area is 110 Å². The molecule has 0 atom stereocenters. The fraction of sp³-hybridized carbons (Fsp3) is 0.0909. The molecule has 0 unspecified atom stereocenters. The summed E-state index contributed by atoms with van der Waals surface area (Å²) < 4.78 is 3.03. The average molecular weight is 309 g/mol. The molecule has 0 spiro atoms. The average Bonchev–Trinajstić information content (AvgIpc) is 2.83. The number of thiophene rings is 1. The van der Waals surface area contributed by atoms with E-state index in [2.05, 4.69) is 39.1 Å². The maximum Gasteiger partial charge on any atom is 0.178 e. The zero-order valence-corrected chi connectivity index (χ0v) is 11.4. The quantitative estimate of drug-likeness (QED) is 0.751. The smallest absolute Gasteiger partial charge is 0.178 e. The predicted molar refractivity (Wildman–Crippen MR) is 73.1 cm³/mol. The summed E-state index contributed by atoms with van der Waals surface area (Å²) in [4.78, 5) is 1.08. The van der Waals surface area contributed by atoms with Crippen LogP contribution in [0.4, 0.5) is 5.69 Å². The van der Waals surface area contributed by atoms with Gasteiger partial charge in [-0.3, -0.25) is 4.40 Å². The Balaban J connectivity index is 2.26. The molecular weight excluding hydrogens is 300 g/mol. The zero-order valence-electron chi connectivity index (χ0n) is 9.01. The van der Waals surface area contributed by atoms with Crippen LogP contribution >= 0.6 is 27.3 Å². The molecule has 0 fully saturated rings. The van der Waals surface area contributed by atoms with Crippen LogP contribution in [0.3, 0.4) is 0 Å². The largest absolute Gasteiger partial charge is 0.398 e. The Hall–Kier alpha value is -1.40. The van der Waals surface area contributed by atoms with Gasteiger partial charge < -0.3 is 5.73 Å². The molecule has 3 aromatic heterocycles. The lowest BCUT2D eigenvalue weighted by atomic mass is 10.3. The van der Waals surface area contributed by atoms with Gasteiger partial charge >= 0.3 is 0 Å². The third-order valence-electron chi connectivity index (χ3n) is 2.50. The second kappa shape index (κ2) is 3.82. The van der Waals surface area contributed by atoms with Crippen molar-refractivity contribution in [3.63, 3.8) is 0 Å². The second-order valence-corrected chi connectivity index (χ2v) is 6.15. The maximum absolute atomic E-state index is 5.78. The first-order valence-corrected chi connectivity index (χ1v) is 6.62. The molecule has 17 heavy (non-hydrogen) atoms. The molecule has 0 bridgehead atoms. The van der Waals surface area contributed by atoms with Crippen molar-refractivity contribution < 1.29 is 0 Å². The minimum absolute atomic E-state index is 0.700. The van der Waals surface area contributed by atoms with E-state index >= 15 is 0 Å². The molecule has 86 valence electrons. The van der Waals surface area contributed by atoms with Crippen molar-refractivity contribution in [2.24, 2.45) is 0 Å². The number of nitrogen functional groups attached to an aromatic ring is 1. The van der Waals surface area contributed by atoms with Crippen molar-refractivity contribution in [2.45, 2.75) is 6.92 Å². The molecule has 0 aromatic carbocycles. The van der Waals surface area contributed by atoms with E-state index in [1.165, 1.54) is 5.56 Å². The Morgan fingerprint density at radius 3 is 2.88 bits per heavy atom. The Morgan fingerprint density at radius 2 is 2.18 bits per heavy atom. The first-order valence-electron chi connectivity index (χ1n) is 5.02. The van der Waals surface area contributed by atoms with Gasteiger partial charge in [0.05, 0.1) is 8.66 Å². The number of anilines is 1. The predicted octanol–water partition coefficient (Wildman–Crippen LogP) is 3.11. The van der Waals surface area contributed by atoms with Crippen molar-refractivity contribution in [2.75, 3.05) is 5.73 Å². The van der Waals surface area contributed by atoms with E-state index in [1.54, 1.807) is 11.3 Å². The highest BCUT2D eigenvalue weighted by Gasteiger charge is 2.12. The molecule has 2 N–H and O–H groups in total. The SMILES string of the molecule is Cc1cc(-c2nnc3ccc(N)cn23)sc1Br. The number of halogens is 1. The molecule has 6 heteroatoms. The standard InChI is InChI=1S/C11H9BrN4S/c1-6-4-8(17-10(6)12)11-15-14-9-3-2-7(13)5-16(9)11/h2-5H,13H2,1H3. The number of aromatic nitrogens is 3.